The first-order chi connectivity index (χ1) is 9.20. The van der Waals surface area contributed by atoms with Gasteiger partial charge in [0.15, 0.2) is 0 Å². The minimum atomic E-state index is 0.346. The lowest BCUT2D eigenvalue weighted by atomic mass is 10.0. The van der Waals surface area contributed by atoms with Crippen molar-refractivity contribution in [2.45, 2.75) is 25.8 Å². The van der Waals surface area contributed by atoms with E-state index in [-0.39, 0.29) is 0 Å². The maximum atomic E-state index is 6.20. The van der Waals surface area contributed by atoms with Gasteiger partial charge < -0.3 is 5.32 Å². The van der Waals surface area contributed by atoms with E-state index < -0.39 is 0 Å². The van der Waals surface area contributed by atoms with Crippen molar-refractivity contribution >= 4 is 28.9 Å². The summed E-state index contributed by atoms with van der Waals surface area (Å²) in [6.07, 6.45) is 2.00. The van der Waals surface area contributed by atoms with Crippen LogP contribution in [0.3, 0.4) is 0 Å². The molecular weight excluding hydrogens is 277 g/mol. The molecule has 0 amide bonds. The highest BCUT2D eigenvalue weighted by molar-refractivity contribution is 6.43. The molecule has 1 N–H and O–H groups in total. The van der Waals surface area contributed by atoms with Gasteiger partial charge >= 0.3 is 0 Å². The molecule has 0 spiro atoms. The van der Waals surface area contributed by atoms with Gasteiger partial charge in [-0.25, -0.2) is 0 Å². The fourth-order valence-electron chi connectivity index (χ4n) is 2.03. The maximum absolute atomic E-state index is 6.20. The fourth-order valence-corrected chi connectivity index (χ4v) is 2.39. The van der Waals surface area contributed by atoms with Crippen molar-refractivity contribution in [3.63, 3.8) is 0 Å². The Morgan fingerprint density at radius 1 is 1.00 bits per heavy atom. The normalized spacial score (nSPS) is 12.2. The summed E-state index contributed by atoms with van der Waals surface area (Å²) in [6.45, 7) is 2.17. The van der Waals surface area contributed by atoms with Crippen molar-refractivity contribution in [1.29, 1.82) is 0 Å². The zero-order chi connectivity index (χ0) is 13.7. The Morgan fingerprint density at radius 3 is 2.42 bits per heavy atom. The van der Waals surface area contributed by atoms with Crippen LogP contribution in [0.25, 0.3) is 0 Å². The molecule has 3 heteroatoms. The number of rotatable bonds is 5. The summed E-state index contributed by atoms with van der Waals surface area (Å²) in [4.78, 5) is 0. The van der Waals surface area contributed by atoms with Crippen LogP contribution in [0.4, 0.5) is 5.69 Å². The Labute approximate surface area is 124 Å². The van der Waals surface area contributed by atoms with Crippen LogP contribution in [0.2, 0.25) is 10.0 Å². The molecular formula is C16H17Cl2N. The molecule has 0 aliphatic carbocycles. The summed E-state index contributed by atoms with van der Waals surface area (Å²) in [7, 11) is 0. The molecule has 0 saturated heterocycles. The molecule has 1 nitrogen and oxygen atoms in total. The summed E-state index contributed by atoms with van der Waals surface area (Å²) in [5.41, 5.74) is 2.22. The van der Waals surface area contributed by atoms with Crippen molar-refractivity contribution in [3.05, 3.63) is 64.1 Å². The second-order valence-electron chi connectivity index (χ2n) is 4.54. The van der Waals surface area contributed by atoms with Gasteiger partial charge in [0.25, 0.3) is 0 Å². The number of nitrogens with one attached hydrogen (secondary N) is 1. The molecule has 1 atom stereocenters. The van der Waals surface area contributed by atoms with Crippen LogP contribution in [0, 0.1) is 0 Å². The molecule has 0 saturated carbocycles. The first-order valence-corrected chi connectivity index (χ1v) is 7.20. The fraction of sp³-hybridized carbons (Fsp3) is 0.250. The maximum Gasteiger partial charge on any atom is 0.0823 e. The second kappa shape index (κ2) is 6.83. The van der Waals surface area contributed by atoms with E-state index in [0.717, 1.165) is 18.5 Å². The van der Waals surface area contributed by atoms with Crippen LogP contribution in [0.5, 0.6) is 0 Å². The van der Waals surface area contributed by atoms with Crippen LogP contribution in [-0.4, -0.2) is 6.04 Å². The lowest BCUT2D eigenvalue weighted by Gasteiger charge is -2.19. The number of benzene rings is 2. The molecule has 2 aromatic carbocycles. The second-order valence-corrected chi connectivity index (χ2v) is 5.33. The molecule has 19 heavy (non-hydrogen) atoms. The van der Waals surface area contributed by atoms with Crippen LogP contribution in [0.15, 0.2) is 48.5 Å². The SMILES string of the molecule is CCC(Cc1ccccc1)Nc1cccc(Cl)c1Cl. The van der Waals surface area contributed by atoms with E-state index in [0.29, 0.717) is 16.1 Å². The van der Waals surface area contributed by atoms with Gasteiger partial charge in [-0.3, -0.25) is 0 Å². The molecule has 0 aromatic heterocycles. The molecule has 0 fully saturated rings. The summed E-state index contributed by atoms with van der Waals surface area (Å²) in [5, 5.41) is 4.65. The largest absolute Gasteiger partial charge is 0.381 e. The molecule has 0 heterocycles. The predicted octanol–water partition coefficient (Wildman–Crippen LogP) is 5.43. The quantitative estimate of drug-likeness (QED) is 0.775. The smallest absolute Gasteiger partial charge is 0.0823 e. The summed E-state index contributed by atoms with van der Waals surface area (Å²) >= 11 is 12.2. The van der Waals surface area contributed by atoms with E-state index in [2.05, 4.69) is 36.5 Å². The Hall–Kier alpha value is -1.18. The third-order valence-corrected chi connectivity index (χ3v) is 3.95. The van der Waals surface area contributed by atoms with E-state index in [9.17, 15) is 0 Å². The number of hydrogen-bond donors (Lipinski definition) is 1. The van der Waals surface area contributed by atoms with Gasteiger partial charge in [0.1, 0.15) is 0 Å². The van der Waals surface area contributed by atoms with Crippen LogP contribution >= 0.6 is 23.2 Å². The van der Waals surface area contributed by atoms with Gasteiger partial charge in [0.2, 0.25) is 0 Å². The lowest BCUT2D eigenvalue weighted by molar-refractivity contribution is 0.690. The Kier molecular flexibility index (Phi) is 5.12. The average Bonchev–Trinajstić information content (AvgIpc) is 2.44. The first kappa shape index (κ1) is 14.2. The van der Waals surface area contributed by atoms with Gasteiger partial charge in [0, 0.05) is 6.04 Å². The number of anilines is 1. The van der Waals surface area contributed by atoms with Gasteiger partial charge in [-0.15, -0.1) is 0 Å². The molecule has 100 valence electrons. The Balaban J connectivity index is 2.09. The van der Waals surface area contributed by atoms with E-state index in [1.54, 1.807) is 6.07 Å². The van der Waals surface area contributed by atoms with Crippen LogP contribution < -0.4 is 5.32 Å². The zero-order valence-corrected chi connectivity index (χ0v) is 12.4. The van der Waals surface area contributed by atoms with E-state index >= 15 is 0 Å². The van der Waals surface area contributed by atoms with Crippen molar-refractivity contribution in [3.8, 4) is 0 Å². The minimum absolute atomic E-state index is 0.346. The van der Waals surface area contributed by atoms with Crippen molar-refractivity contribution in [2.24, 2.45) is 0 Å². The third kappa shape index (κ3) is 3.89. The lowest BCUT2D eigenvalue weighted by Crippen LogP contribution is -2.21. The average molecular weight is 294 g/mol. The molecule has 2 rings (SSSR count). The first-order valence-electron chi connectivity index (χ1n) is 6.45. The highest BCUT2D eigenvalue weighted by atomic mass is 35.5. The monoisotopic (exact) mass is 293 g/mol. The van der Waals surface area contributed by atoms with Gasteiger partial charge in [-0.1, -0.05) is 66.5 Å². The van der Waals surface area contributed by atoms with Gasteiger partial charge in [0.05, 0.1) is 15.7 Å². The topological polar surface area (TPSA) is 12.0 Å². The molecule has 0 aliphatic rings. The van der Waals surface area contributed by atoms with E-state index in [1.165, 1.54) is 5.56 Å². The Morgan fingerprint density at radius 2 is 1.74 bits per heavy atom. The number of hydrogen-bond acceptors (Lipinski definition) is 1. The van der Waals surface area contributed by atoms with Gasteiger partial charge in [-0.05, 0) is 30.5 Å². The molecule has 0 aliphatic heterocycles. The highest BCUT2D eigenvalue weighted by Crippen LogP contribution is 2.30. The molecule has 1 unspecified atom stereocenters. The van der Waals surface area contributed by atoms with E-state index in [1.807, 2.05) is 18.2 Å². The summed E-state index contributed by atoms with van der Waals surface area (Å²) in [6, 6.07) is 16.5. The highest BCUT2D eigenvalue weighted by Gasteiger charge is 2.10. The molecule has 0 bridgehead atoms. The molecule has 2 aromatic rings. The standard InChI is InChI=1S/C16H17Cl2N/c1-2-13(11-12-7-4-3-5-8-12)19-15-10-6-9-14(17)16(15)18/h3-10,13,19H,2,11H2,1H3. The van der Waals surface area contributed by atoms with Gasteiger partial charge in [-0.2, -0.15) is 0 Å². The zero-order valence-electron chi connectivity index (χ0n) is 10.9. The third-order valence-electron chi connectivity index (χ3n) is 3.13. The summed E-state index contributed by atoms with van der Waals surface area (Å²) in [5.74, 6) is 0. The Bertz CT molecular complexity index is 526. The van der Waals surface area contributed by atoms with Crippen molar-refractivity contribution in [2.75, 3.05) is 5.32 Å². The number of halogens is 2. The van der Waals surface area contributed by atoms with Crippen molar-refractivity contribution in [1.82, 2.24) is 0 Å². The summed E-state index contributed by atoms with van der Waals surface area (Å²) < 4.78 is 0. The van der Waals surface area contributed by atoms with Crippen molar-refractivity contribution < 1.29 is 0 Å². The molecule has 0 radical (unpaired) electrons. The predicted molar refractivity (Wildman–Crippen MR) is 84.3 cm³/mol. The minimum Gasteiger partial charge on any atom is -0.381 e. The van der Waals surface area contributed by atoms with Crippen LogP contribution in [-0.2, 0) is 6.42 Å². The van der Waals surface area contributed by atoms with E-state index in [4.69, 9.17) is 23.2 Å². The van der Waals surface area contributed by atoms with Crippen LogP contribution in [0.1, 0.15) is 18.9 Å².